The normalized spacial score (nSPS) is 11.5. The van der Waals surface area contributed by atoms with Gasteiger partial charge in [0.25, 0.3) is 0 Å². The first-order valence-electron chi connectivity index (χ1n) is 4.82. The van der Waals surface area contributed by atoms with Gasteiger partial charge in [-0.05, 0) is 25.7 Å². The smallest absolute Gasteiger partial charge is 0.407 e. The first-order chi connectivity index (χ1) is 5.87. The minimum atomic E-state index is -0.323. The number of hydrogen-bond acceptors (Lipinski definition) is 2. The number of ether oxygens (including phenoxy) is 1. The number of carbonyl (C=O) groups excluding carboxylic acids is 1. The summed E-state index contributed by atoms with van der Waals surface area (Å²) in [6, 6.07) is 0. The van der Waals surface area contributed by atoms with E-state index in [1.807, 2.05) is 13.8 Å². The monoisotopic (exact) mass is 187 g/mol. The Bertz CT molecular complexity index is 164. The van der Waals surface area contributed by atoms with Crippen LogP contribution in [0.4, 0.5) is 4.79 Å². The van der Waals surface area contributed by atoms with E-state index in [0.29, 0.717) is 6.54 Å². The van der Waals surface area contributed by atoms with Crippen LogP contribution < -0.4 is 5.32 Å². The van der Waals surface area contributed by atoms with Crippen molar-refractivity contribution in [2.75, 3.05) is 6.54 Å². The highest BCUT2D eigenvalue weighted by atomic mass is 16.6. The molecule has 0 bridgehead atoms. The van der Waals surface area contributed by atoms with Gasteiger partial charge in [-0.25, -0.2) is 4.79 Å². The lowest BCUT2D eigenvalue weighted by Crippen LogP contribution is -2.35. The van der Waals surface area contributed by atoms with E-state index >= 15 is 0 Å². The molecule has 0 aromatic heterocycles. The van der Waals surface area contributed by atoms with E-state index < -0.39 is 0 Å². The molecule has 0 saturated heterocycles. The summed E-state index contributed by atoms with van der Waals surface area (Å²) in [5.41, 5.74) is 0.149. The average molecular weight is 187 g/mol. The summed E-state index contributed by atoms with van der Waals surface area (Å²) in [7, 11) is 0. The third-order valence-corrected chi connectivity index (χ3v) is 2.01. The van der Waals surface area contributed by atoms with E-state index in [2.05, 4.69) is 26.1 Å². The van der Waals surface area contributed by atoms with Gasteiger partial charge in [0, 0.05) is 6.54 Å². The van der Waals surface area contributed by atoms with Crippen LogP contribution in [0.5, 0.6) is 0 Å². The quantitative estimate of drug-likeness (QED) is 0.734. The van der Waals surface area contributed by atoms with Crippen molar-refractivity contribution in [3.8, 4) is 0 Å². The van der Waals surface area contributed by atoms with Crippen LogP contribution in [0.25, 0.3) is 0 Å². The van der Waals surface area contributed by atoms with Crippen molar-refractivity contribution in [1.29, 1.82) is 0 Å². The van der Waals surface area contributed by atoms with Gasteiger partial charge >= 0.3 is 6.09 Å². The van der Waals surface area contributed by atoms with Crippen LogP contribution in [0.15, 0.2) is 0 Å². The van der Waals surface area contributed by atoms with Gasteiger partial charge in [0.1, 0.15) is 0 Å². The molecule has 0 heterocycles. The second-order valence-electron chi connectivity index (χ2n) is 4.33. The Balaban J connectivity index is 3.70. The van der Waals surface area contributed by atoms with Crippen molar-refractivity contribution in [1.82, 2.24) is 5.32 Å². The molecule has 3 heteroatoms. The van der Waals surface area contributed by atoms with E-state index in [-0.39, 0.29) is 17.6 Å². The first-order valence-corrected chi connectivity index (χ1v) is 4.82. The molecule has 0 aromatic rings. The molecule has 78 valence electrons. The van der Waals surface area contributed by atoms with E-state index in [9.17, 15) is 4.79 Å². The zero-order chi connectivity index (χ0) is 10.5. The molecule has 0 aliphatic heterocycles. The van der Waals surface area contributed by atoms with Crippen molar-refractivity contribution < 1.29 is 9.53 Å². The third kappa shape index (κ3) is 6.43. The molecule has 0 aliphatic carbocycles. The van der Waals surface area contributed by atoms with E-state index in [1.54, 1.807) is 0 Å². The lowest BCUT2D eigenvalue weighted by molar-refractivity contribution is 0.111. The lowest BCUT2D eigenvalue weighted by Gasteiger charge is -2.22. The van der Waals surface area contributed by atoms with E-state index in [1.165, 1.54) is 0 Å². The van der Waals surface area contributed by atoms with Gasteiger partial charge in [0.15, 0.2) is 0 Å². The highest BCUT2D eigenvalue weighted by molar-refractivity contribution is 5.67. The SMILES string of the molecule is CCC(C)(C)CNC(=O)OC(C)C. The molecular formula is C10H21NO2. The van der Waals surface area contributed by atoms with Crippen molar-refractivity contribution in [3.05, 3.63) is 0 Å². The standard InChI is InChI=1S/C10H21NO2/c1-6-10(4,5)7-11-9(12)13-8(2)3/h8H,6-7H2,1-5H3,(H,11,12). The Labute approximate surface area is 80.8 Å². The minimum absolute atomic E-state index is 0.0512. The molecule has 0 atom stereocenters. The van der Waals surface area contributed by atoms with Crippen LogP contribution in [-0.2, 0) is 4.74 Å². The fourth-order valence-electron chi connectivity index (χ4n) is 0.692. The zero-order valence-electron chi connectivity index (χ0n) is 9.31. The number of carbonyl (C=O) groups is 1. The maximum Gasteiger partial charge on any atom is 0.407 e. The number of amides is 1. The van der Waals surface area contributed by atoms with Crippen LogP contribution in [0.1, 0.15) is 41.0 Å². The van der Waals surface area contributed by atoms with Gasteiger partial charge < -0.3 is 10.1 Å². The third-order valence-electron chi connectivity index (χ3n) is 2.01. The summed E-state index contributed by atoms with van der Waals surface area (Å²) >= 11 is 0. The Morgan fingerprint density at radius 3 is 2.38 bits per heavy atom. The molecule has 1 amide bonds. The molecule has 0 rings (SSSR count). The Morgan fingerprint density at radius 1 is 1.46 bits per heavy atom. The van der Waals surface area contributed by atoms with Gasteiger partial charge in [0.2, 0.25) is 0 Å². The maximum atomic E-state index is 11.1. The summed E-state index contributed by atoms with van der Waals surface area (Å²) in [5.74, 6) is 0. The van der Waals surface area contributed by atoms with Crippen molar-refractivity contribution in [2.24, 2.45) is 5.41 Å². The van der Waals surface area contributed by atoms with Gasteiger partial charge in [-0.2, -0.15) is 0 Å². The Morgan fingerprint density at radius 2 is 2.00 bits per heavy atom. The molecular weight excluding hydrogens is 166 g/mol. The largest absolute Gasteiger partial charge is 0.447 e. The number of hydrogen-bond donors (Lipinski definition) is 1. The van der Waals surface area contributed by atoms with Gasteiger partial charge in [0.05, 0.1) is 6.10 Å². The predicted molar refractivity (Wildman–Crippen MR) is 53.7 cm³/mol. The van der Waals surface area contributed by atoms with Crippen LogP contribution in [0, 0.1) is 5.41 Å². The fourth-order valence-corrected chi connectivity index (χ4v) is 0.692. The van der Waals surface area contributed by atoms with Crippen molar-refractivity contribution in [2.45, 2.75) is 47.1 Å². The molecule has 0 aliphatic rings. The van der Waals surface area contributed by atoms with Crippen molar-refractivity contribution >= 4 is 6.09 Å². The molecule has 0 fully saturated rings. The molecule has 0 saturated carbocycles. The van der Waals surface area contributed by atoms with Crippen LogP contribution >= 0.6 is 0 Å². The summed E-state index contributed by atoms with van der Waals surface area (Å²) in [5, 5.41) is 2.74. The molecule has 1 N–H and O–H groups in total. The van der Waals surface area contributed by atoms with Crippen LogP contribution in [0.2, 0.25) is 0 Å². The summed E-state index contributed by atoms with van der Waals surface area (Å²) in [6.45, 7) is 10.7. The molecule has 3 nitrogen and oxygen atoms in total. The summed E-state index contributed by atoms with van der Waals surface area (Å²) in [4.78, 5) is 11.1. The molecule has 0 radical (unpaired) electrons. The topological polar surface area (TPSA) is 38.3 Å². The highest BCUT2D eigenvalue weighted by Gasteiger charge is 2.16. The highest BCUT2D eigenvalue weighted by Crippen LogP contribution is 2.17. The number of alkyl carbamates (subject to hydrolysis) is 1. The number of rotatable bonds is 4. The minimum Gasteiger partial charge on any atom is -0.447 e. The Kier molecular flexibility index (Phi) is 4.81. The van der Waals surface area contributed by atoms with E-state index in [0.717, 1.165) is 6.42 Å². The predicted octanol–water partition coefficient (Wildman–Crippen LogP) is 2.56. The first kappa shape index (κ1) is 12.3. The van der Waals surface area contributed by atoms with Gasteiger partial charge in [-0.1, -0.05) is 20.8 Å². The van der Waals surface area contributed by atoms with Gasteiger partial charge in [-0.3, -0.25) is 0 Å². The summed E-state index contributed by atoms with van der Waals surface area (Å²) < 4.78 is 4.94. The second-order valence-corrected chi connectivity index (χ2v) is 4.33. The van der Waals surface area contributed by atoms with Crippen LogP contribution in [-0.4, -0.2) is 18.7 Å². The Hall–Kier alpha value is -0.730. The number of nitrogens with one attached hydrogen (secondary N) is 1. The van der Waals surface area contributed by atoms with E-state index in [4.69, 9.17) is 4.74 Å². The summed E-state index contributed by atoms with van der Waals surface area (Å²) in [6.07, 6.45) is 0.663. The molecule has 0 unspecified atom stereocenters. The lowest BCUT2D eigenvalue weighted by atomic mass is 9.90. The molecule has 0 spiro atoms. The fraction of sp³-hybridized carbons (Fsp3) is 0.900. The molecule has 13 heavy (non-hydrogen) atoms. The second kappa shape index (κ2) is 5.10. The zero-order valence-corrected chi connectivity index (χ0v) is 9.31. The average Bonchev–Trinajstić information content (AvgIpc) is 2.00. The van der Waals surface area contributed by atoms with Gasteiger partial charge in [-0.15, -0.1) is 0 Å². The van der Waals surface area contributed by atoms with Crippen molar-refractivity contribution in [3.63, 3.8) is 0 Å². The maximum absolute atomic E-state index is 11.1. The molecule has 0 aromatic carbocycles. The van der Waals surface area contributed by atoms with Crippen LogP contribution in [0.3, 0.4) is 0 Å².